The molecule has 6 heteroatoms. The van der Waals surface area contributed by atoms with Crippen LogP contribution in [0.4, 0.5) is 0 Å². The van der Waals surface area contributed by atoms with Gasteiger partial charge in [0.1, 0.15) is 16.5 Å². The molecule has 0 radical (unpaired) electrons. The summed E-state index contributed by atoms with van der Waals surface area (Å²) >= 11 is 1.61. The Morgan fingerprint density at radius 2 is 1.81 bits per heavy atom. The standard InChI is InChI=1S/C21H22N2O3S/c1-14(21-22-18-7-5-6-8-19(18)27-21)23(2)20(24)10-9-15-11-16(25-3)13-17(12-15)26-4/h5-14H,1-4H3/b10-9+/t14-/m0/s1. The molecule has 3 aromatic rings. The third-order valence-corrected chi connectivity index (χ3v) is 5.60. The minimum absolute atomic E-state index is 0.0939. The topological polar surface area (TPSA) is 51.7 Å². The van der Waals surface area contributed by atoms with Gasteiger partial charge in [-0.25, -0.2) is 4.98 Å². The highest BCUT2D eigenvalue weighted by Gasteiger charge is 2.19. The molecule has 0 saturated carbocycles. The van der Waals surface area contributed by atoms with Crippen LogP contribution in [-0.2, 0) is 4.79 Å². The van der Waals surface area contributed by atoms with Crippen molar-refractivity contribution in [2.45, 2.75) is 13.0 Å². The number of nitrogens with zero attached hydrogens (tertiary/aromatic N) is 2. The van der Waals surface area contributed by atoms with Crippen LogP contribution in [0.3, 0.4) is 0 Å². The first-order chi connectivity index (χ1) is 13.0. The van der Waals surface area contributed by atoms with Gasteiger partial charge in [-0.3, -0.25) is 4.79 Å². The number of methoxy groups -OCH3 is 2. The number of carbonyl (C=O) groups is 1. The van der Waals surface area contributed by atoms with Crippen molar-refractivity contribution in [2.24, 2.45) is 0 Å². The van der Waals surface area contributed by atoms with Gasteiger partial charge in [0.25, 0.3) is 0 Å². The van der Waals surface area contributed by atoms with Crippen LogP contribution in [0.2, 0.25) is 0 Å². The predicted molar refractivity (Wildman–Crippen MR) is 109 cm³/mol. The zero-order valence-electron chi connectivity index (χ0n) is 15.8. The summed E-state index contributed by atoms with van der Waals surface area (Å²) < 4.78 is 11.6. The van der Waals surface area contributed by atoms with Gasteiger partial charge in [-0.1, -0.05) is 12.1 Å². The summed E-state index contributed by atoms with van der Waals surface area (Å²) in [6, 6.07) is 13.4. The van der Waals surface area contributed by atoms with Gasteiger partial charge in [-0.05, 0) is 42.8 Å². The molecule has 1 heterocycles. The number of ether oxygens (including phenoxy) is 2. The summed E-state index contributed by atoms with van der Waals surface area (Å²) in [5.41, 5.74) is 1.80. The summed E-state index contributed by atoms with van der Waals surface area (Å²) in [7, 11) is 4.98. The zero-order chi connectivity index (χ0) is 19.4. The molecule has 1 amide bonds. The SMILES string of the molecule is COc1cc(/C=C/C(=O)N(C)[C@@H](C)c2nc3ccccc3s2)cc(OC)c1. The number of thiazole rings is 1. The van der Waals surface area contributed by atoms with Crippen molar-refractivity contribution in [1.82, 2.24) is 9.88 Å². The molecule has 1 aromatic heterocycles. The molecule has 0 aliphatic carbocycles. The van der Waals surface area contributed by atoms with E-state index in [4.69, 9.17) is 9.47 Å². The van der Waals surface area contributed by atoms with E-state index in [1.165, 1.54) is 0 Å². The van der Waals surface area contributed by atoms with Crippen LogP contribution in [0.5, 0.6) is 11.5 Å². The molecule has 0 N–H and O–H groups in total. The van der Waals surface area contributed by atoms with Crippen LogP contribution in [0.15, 0.2) is 48.5 Å². The molecular weight excluding hydrogens is 360 g/mol. The van der Waals surface area contributed by atoms with Gasteiger partial charge >= 0.3 is 0 Å². The fourth-order valence-corrected chi connectivity index (χ4v) is 3.70. The van der Waals surface area contributed by atoms with Gasteiger partial charge in [0.15, 0.2) is 0 Å². The largest absolute Gasteiger partial charge is 0.497 e. The number of hydrogen-bond donors (Lipinski definition) is 0. The number of amides is 1. The molecule has 0 aliphatic heterocycles. The van der Waals surface area contributed by atoms with Crippen molar-refractivity contribution >= 4 is 33.5 Å². The molecule has 0 aliphatic rings. The summed E-state index contributed by atoms with van der Waals surface area (Å²) in [5.74, 6) is 1.26. The monoisotopic (exact) mass is 382 g/mol. The molecule has 27 heavy (non-hydrogen) atoms. The number of aromatic nitrogens is 1. The normalized spacial score (nSPS) is 12.3. The lowest BCUT2D eigenvalue weighted by molar-refractivity contribution is -0.126. The number of fused-ring (bicyclic) bond motifs is 1. The third kappa shape index (κ3) is 4.28. The van der Waals surface area contributed by atoms with E-state index in [0.717, 1.165) is 20.8 Å². The van der Waals surface area contributed by atoms with E-state index in [0.29, 0.717) is 11.5 Å². The van der Waals surface area contributed by atoms with Crippen molar-refractivity contribution in [1.29, 1.82) is 0 Å². The highest BCUT2D eigenvalue weighted by molar-refractivity contribution is 7.18. The van der Waals surface area contributed by atoms with E-state index in [2.05, 4.69) is 4.98 Å². The first kappa shape index (κ1) is 18.9. The lowest BCUT2D eigenvalue weighted by atomic mass is 10.2. The fourth-order valence-electron chi connectivity index (χ4n) is 2.64. The maximum atomic E-state index is 12.6. The number of rotatable bonds is 6. The van der Waals surface area contributed by atoms with Gasteiger partial charge in [0, 0.05) is 19.2 Å². The van der Waals surface area contributed by atoms with E-state index >= 15 is 0 Å². The second-order valence-corrected chi connectivity index (χ2v) is 7.19. The van der Waals surface area contributed by atoms with Crippen molar-refractivity contribution in [3.63, 3.8) is 0 Å². The Labute approximate surface area is 162 Å². The van der Waals surface area contributed by atoms with Crippen LogP contribution in [0.25, 0.3) is 16.3 Å². The number of para-hydroxylation sites is 1. The molecule has 0 spiro atoms. The molecule has 140 valence electrons. The van der Waals surface area contributed by atoms with E-state index < -0.39 is 0 Å². The van der Waals surface area contributed by atoms with Crippen LogP contribution in [0, 0.1) is 0 Å². The van der Waals surface area contributed by atoms with E-state index in [9.17, 15) is 4.79 Å². The quantitative estimate of drug-likeness (QED) is 0.587. The summed E-state index contributed by atoms with van der Waals surface area (Å²) in [6.07, 6.45) is 3.31. The van der Waals surface area contributed by atoms with Crippen molar-refractivity contribution < 1.29 is 14.3 Å². The molecule has 2 aromatic carbocycles. The number of benzene rings is 2. The highest BCUT2D eigenvalue weighted by atomic mass is 32.1. The minimum Gasteiger partial charge on any atom is -0.497 e. The van der Waals surface area contributed by atoms with Crippen LogP contribution >= 0.6 is 11.3 Å². The van der Waals surface area contributed by atoms with Crippen LogP contribution in [-0.4, -0.2) is 37.1 Å². The van der Waals surface area contributed by atoms with Gasteiger partial charge in [-0.2, -0.15) is 0 Å². The molecule has 5 nitrogen and oxygen atoms in total. The van der Waals surface area contributed by atoms with E-state index in [1.807, 2.05) is 43.3 Å². The lowest BCUT2D eigenvalue weighted by Gasteiger charge is -2.21. The van der Waals surface area contributed by atoms with Crippen LogP contribution < -0.4 is 9.47 Å². The molecule has 3 rings (SSSR count). The number of hydrogen-bond acceptors (Lipinski definition) is 5. The van der Waals surface area contributed by atoms with Crippen molar-refractivity contribution in [3.8, 4) is 11.5 Å². The lowest BCUT2D eigenvalue weighted by Crippen LogP contribution is -2.27. The molecule has 1 atom stereocenters. The Morgan fingerprint density at radius 3 is 2.44 bits per heavy atom. The van der Waals surface area contributed by atoms with E-state index in [-0.39, 0.29) is 11.9 Å². The third-order valence-electron chi connectivity index (χ3n) is 4.39. The Bertz CT molecular complexity index is 925. The average Bonchev–Trinajstić information content (AvgIpc) is 3.14. The number of carbonyl (C=O) groups excluding carboxylic acids is 1. The highest BCUT2D eigenvalue weighted by Crippen LogP contribution is 2.29. The van der Waals surface area contributed by atoms with Crippen LogP contribution in [0.1, 0.15) is 23.5 Å². The smallest absolute Gasteiger partial charge is 0.246 e. The summed E-state index contributed by atoms with van der Waals surface area (Å²) in [6.45, 7) is 1.98. The second-order valence-electron chi connectivity index (χ2n) is 6.12. The Hall–Kier alpha value is -2.86. The zero-order valence-corrected chi connectivity index (χ0v) is 16.6. The Kier molecular flexibility index (Phi) is 5.76. The van der Waals surface area contributed by atoms with Crippen molar-refractivity contribution in [3.05, 3.63) is 59.1 Å². The Morgan fingerprint density at radius 1 is 1.15 bits per heavy atom. The Balaban J connectivity index is 1.75. The molecule has 0 fully saturated rings. The molecule has 0 saturated heterocycles. The van der Waals surface area contributed by atoms with Gasteiger partial charge in [0.05, 0.1) is 30.5 Å². The number of likely N-dealkylation sites (N-methyl/N-ethyl adjacent to an activating group) is 1. The van der Waals surface area contributed by atoms with Crippen molar-refractivity contribution in [2.75, 3.05) is 21.3 Å². The van der Waals surface area contributed by atoms with Gasteiger partial charge < -0.3 is 14.4 Å². The second kappa shape index (κ2) is 8.22. The van der Waals surface area contributed by atoms with Gasteiger partial charge in [0.2, 0.25) is 5.91 Å². The fraction of sp³-hybridized carbons (Fsp3) is 0.238. The summed E-state index contributed by atoms with van der Waals surface area (Å²) in [4.78, 5) is 18.9. The van der Waals surface area contributed by atoms with E-state index in [1.54, 1.807) is 55.7 Å². The molecule has 0 bridgehead atoms. The first-order valence-electron chi connectivity index (χ1n) is 8.55. The minimum atomic E-state index is -0.112. The maximum Gasteiger partial charge on any atom is 0.246 e. The maximum absolute atomic E-state index is 12.6. The average molecular weight is 382 g/mol. The molecular formula is C21H22N2O3S. The molecule has 0 unspecified atom stereocenters. The summed E-state index contributed by atoms with van der Waals surface area (Å²) in [5, 5.41) is 0.920. The predicted octanol–water partition coefficient (Wildman–Crippen LogP) is 4.55. The first-order valence-corrected chi connectivity index (χ1v) is 9.37. The van der Waals surface area contributed by atoms with Gasteiger partial charge in [-0.15, -0.1) is 11.3 Å².